The fourth-order valence-electron chi connectivity index (χ4n) is 2.40. The number of anilines is 1. The van der Waals surface area contributed by atoms with Crippen LogP contribution in [-0.2, 0) is 9.84 Å². The van der Waals surface area contributed by atoms with E-state index >= 15 is 0 Å². The molecule has 2 unspecified atom stereocenters. The highest BCUT2D eigenvalue weighted by Crippen LogP contribution is 2.38. The second-order valence-corrected chi connectivity index (χ2v) is 9.62. The molecule has 1 aromatic carbocycles. The van der Waals surface area contributed by atoms with Gasteiger partial charge in [-0.1, -0.05) is 22.4 Å². The van der Waals surface area contributed by atoms with Crippen LogP contribution >= 0.6 is 27.7 Å². The summed E-state index contributed by atoms with van der Waals surface area (Å²) in [4.78, 5) is 1.04. The van der Waals surface area contributed by atoms with Crippen molar-refractivity contribution >= 4 is 43.2 Å². The van der Waals surface area contributed by atoms with E-state index in [9.17, 15) is 8.42 Å². The Bertz CT molecular complexity index is 560. The first-order valence-corrected chi connectivity index (χ1v) is 9.89. The quantitative estimate of drug-likeness (QED) is 0.835. The summed E-state index contributed by atoms with van der Waals surface area (Å²) in [6.07, 6.45) is 4.92. The Balaban J connectivity index is 2.07. The van der Waals surface area contributed by atoms with Crippen molar-refractivity contribution < 1.29 is 8.42 Å². The minimum absolute atomic E-state index is 0.185. The number of hydrogen-bond acceptors (Lipinski definition) is 4. The minimum atomic E-state index is -2.92. The molecule has 106 valence electrons. The summed E-state index contributed by atoms with van der Waals surface area (Å²) < 4.78 is 24.3. The zero-order valence-corrected chi connectivity index (χ0v) is 14.0. The predicted molar refractivity (Wildman–Crippen MR) is 85.3 cm³/mol. The SMILES string of the molecule is CS(=O)(=O)C1CCCC(Sc2ccc(Br)cc2N)C1. The lowest BCUT2D eigenvalue weighted by molar-refractivity contribution is 0.495. The molecule has 0 aliphatic heterocycles. The van der Waals surface area contributed by atoms with E-state index in [1.165, 1.54) is 6.26 Å². The van der Waals surface area contributed by atoms with Crippen LogP contribution in [0.1, 0.15) is 25.7 Å². The average Bonchev–Trinajstić information content (AvgIpc) is 2.32. The Morgan fingerprint density at radius 1 is 1.37 bits per heavy atom. The predicted octanol–water partition coefficient (Wildman–Crippen LogP) is 3.48. The van der Waals surface area contributed by atoms with E-state index < -0.39 is 9.84 Å². The molecule has 0 radical (unpaired) electrons. The summed E-state index contributed by atoms with van der Waals surface area (Å²) in [7, 11) is -2.92. The smallest absolute Gasteiger partial charge is 0.150 e. The number of hydrogen-bond donors (Lipinski definition) is 1. The molecule has 0 bridgehead atoms. The van der Waals surface area contributed by atoms with Crippen LogP contribution in [0.2, 0.25) is 0 Å². The van der Waals surface area contributed by atoms with Gasteiger partial charge < -0.3 is 5.73 Å². The van der Waals surface area contributed by atoms with Crippen LogP contribution < -0.4 is 5.73 Å². The van der Waals surface area contributed by atoms with Crippen molar-refractivity contribution in [2.45, 2.75) is 41.1 Å². The average molecular weight is 364 g/mol. The first-order valence-electron chi connectivity index (χ1n) is 6.27. The van der Waals surface area contributed by atoms with Crippen LogP contribution in [0.25, 0.3) is 0 Å². The van der Waals surface area contributed by atoms with Crippen LogP contribution in [0, 0.1) is 0 Å². The molecule has 3 nitrogen and oxygen atoms in total. The van der Waals surface area contributed by atoms with E-state index in [4.69, 9.17) is 5.73 Å². The van der Waals surface area contributed by atoms with E-state index in [0.717, 1.165) is 40.7 Å². The van der Waals surface area contributed by atoms with Gasteiger partial charge in [0.1, 0.15) is 9.84 Å². The zero-order valence-electron chi connectivity index (χ0n) is 10.8. The molecule has 1 saturated carbocycles. The van der Waals surface area contributed by atoms with E-state index in [1.54, 1.807) is 11.8 Å². The molecule has 1 fully saturated rings. The largest absolute Gasteiger partial charge is 0.398 e. The van der Waals surface area contributed by atoms with Gasteiger partial charge in [0.25, 0.3) is 0 Å². The maximum absolute atomic E-state index is 11.7. The number of sulfone groups is 1. The third-order valence-corrected chi connectivity index (χ3v) is 6.97. The molecule has 0 aromatic heterocycles. The lowest BCUT2D eigenvalue weighted by atomic mass is 10.00. The molecule has 0 amide bonds. The van der Waals surface area contributed by atoms with Crippen LogP contribution in [0.15, 0.2) is 27.6 Å². The fraction of sp³-hybridized carbons (Fsp3) is 0.538. The molecule has 1 aliphatic carbocycles. The summed E-state index contributed by atoms with van der Waals surface area (Å²) in [5.74, 6) is 0. The van der Waals surface area contributed by atoms with Gasteiger partial charge in [-0.25, -0.2) is 8.42 Å². The van der Waals surface area contributed by atoms with Crippen LogP contribution in [-0.4, -0.2) is 25.2 Å². The van der Waals surface area contributed by atoms with Gasteiger partial charge in [0, 0.05) is 26.6 Å². The van der Waals surface area contributed by atoms with Crippen molar-refractivity contribution in [2.24, 2.45) is 0 Å². The summed E-state index contributed by atoms with van der Waals surface area (Å²) in [5.41, 5.74) is 6.74. The van der Waals surface area contributed by atoms with Crippen molar-refractivity contribution in [1.29, 1.82) is 0 Å². The number of benzene rings is 1. The second-order valence-electron chi connectivity index (χ2n) is 5.04. The maximum atomic E-state index is 11.7. The summed E-state index contributed by atoms with van der Waals surface area (Å²) >= 11 is 5.10. The third-order valence-electron chi connectivity index (χ3n) is 3.45. The van der Waals surface area contributed by atoms with E-state index in [0.29, 0.717) is 5.25 Å². The molecule has 19 heavy (non-hydrogen) atoms. The van der Waals surface area contributed by atoms with E-state index in [-0.39, 0.29) is 5.25 Å². The maximum Gasteiger partial charge on any atom is 0.150 e. The van der Waals surface area contributed by atoms with Gasteiger partial charge in [-0.05, 0) is 37.5 Å². The molecular weight excluding hydrogens is 346 g/mol. The second kappa shape index (κ2) is 6.06. The van der Waals surface area contributed by atoms with Crippen LogP contribution in [0.5, 0.6) is 0 Å². The molecule has 6 heteroatoms. The normalized spacial score (nSPS) is 24.3. The van der Waals surface area contributed by atoms with Crippen molar-refractivity contribution in [3.63, 3.8) is 0 Å². The van der Waals surface area contributed by atoms with Gasteiger partial charge in [-0.15, -0.1) is 11.8 Å². The van der Waals surface area contributed by atoms with Gasteiger partial charge in [0.2, 0.25) is 0 Å². The summed E-state index contributed by atoms with van der Waals surface area (Å²) in [6.45, 7) is 0. The lowest BCUT2D eigenvalue weighted by Crippen LogP contribution is -2.28. The van der Waals surface area contributed by atoms with Crippen molar-refractivity contribution in [2.75, 3.05) is 12.0 Å². The highest BCUT2D eigenvalue weighted by molar-refractivity contribution is 9.10. The number of thioether (sulfide) groups is 1. The molecule has 1 aromatic rings. The summed E-state index contributed by atoms with van der Waals surface area (Å²) in [5, 5.41) is 0.160. The molecule has 0 saturated heterocycles. The van der Waals surface area contributed by atoms with Gasteiger partial charge in [-0.3, -0.25) is 0 Å². The standard InChI is InChI=1S/C13H18BrNO2S2/c1-19(16,17)11-4-2-3-10(8-11)18-13-6-5-9(14)7-12(13)15/h5-7,10-11H,2-4,8,15H2,1H3. The molecule has 2 N–H and O–H groups in total. The zero-order chi connectivity index (χ0) is 14.0. The Kier molecular flexibility index (Phi) is 4.84. The number of nitrogen functional groups attached to an aromatic ring is 1. The molecule has 0 heterocycles. The minimum Gasteiger partial charge on any atom is -0.398 e. The monoisotopic (exact) mass is 363 g/mol. The molecule has 2 atom stereocenters. The van der Waals surface area contributed by atoms with Gasteiger partial charge in [-0.2, -0.15) is 0 Å². The van der Waals surface area contributed by atoms with Crippen molar-refractivity contribution in [3.05, 3.63) is 22.7 Å². The molecule has 0 spiro atoms. The Morgan fingerprint density at radius 3 is 2.74 bits per heavy atom. The highest BCUT2D eigenvalue weighted by atomic mass is 79.9. The lowest BCUT2D eigenvalue weighted by Gasteiger charge is -2.27. The van der Waals surface area contributed by atoms with E-state index in [2.05, 4.69) is 15.9 Å². The van der Waals surface area contributed by atoms with Gasteiger partial charge in [0.15, 0.2) is 0 Å². The van der Waals surface area contributed by atoms with Crippen LogP contribution in [0.3, 0.4) is 0 Å². The Morgan fingerprint density at radius 2 is 2.11 bits per heavy atom. The molecule has 2 rings (SSSR count). The Hall–Kier alpha value is -0.200. The van der Waals surface area contributed by atoms with Crippen molar-refractivity contribution in [1.82, 2.24) is 0 Å². The van der Waals surface area contributed by atoms with Crippen LogP contribution in [0.4, 0.5) is 5.69 Å². The highest BCUT2D eigenvalue weighted by Gasteiger charge is 2.29. The first kappa shape index (κ1) is 15.2. The van der Waals surface area contributed by atoms with E-state index in [1.807, 2.05) is 18.2 Å². The molecular formula is C13H18BrNO2S2. The fourth-order valence-corrected chi connectivity index (χ4v) is 5.40. The third kappa shape index (κ3) is 4.13. The topological polar surface area (TPSA) is 60.2 Å². The van der Waals surface area contributed by atoms with Crippen molar-refractivity contribution in [3.8, 4) is 0 Å². The number of halogens is 1. The van der Waals surface area contributed by atoms with Gasteiger partial charge in [0.05, 0.1) is 5.25 Å². The first-order chi connectivity index (χ1) is 8.86. The number of rotatable bonds is 3. The molecule has 1 aliphatic rings. The number of nitrogens with two attached hydrogens (primary N) is 1. The summed E-state index contributed by atoms with van der Waals surface area (Å²) in [6, 6.07) is 5.85. The van der Waals surface area contributed by atoms with Gasteiger partial charge >= 0.3 is 0 Å². The Labute approximate surface area is 127 Å².